The maximum Gasteiger partial charge on any atom is 0.255 e. The summed E-state index contributed by atoms with van der Waals surface area (Å²) in [4.78, 5) is 15.4. The molecule has 7 heteroatoms. The van der Waals surface area contributed by atoms with Crippen molar-refractivity contribution in [3.63, 3.8) is 0 Å². The number of benzene rings is 2. The predicted octanol–water partition coefficient (Wildman–Crippen LogP) is 7.23. The van der Waals surface area contributed by atoms with Crippen molar-refractivity contribution in [2.24, 2.45) is 0 Å². The molecule has 0 saturated carbocycles. The fourth-order valence-corrected chi connectivity index (χ4v) is 5.61. The molecule has 3 aromatic rings. The lowest BCUT2D eigenvalue weighted by Crippen LogP contribution is -3.00. The van der Waals surface area contributed by atoms with E-state index in [-0.39, 0.29) is 29.9 Å². The number of hydrogen-bond donors (Lipinski definition) is 0. The molecule has 236 valence electrons. The Balaban J connectivity index is 0.00000645. The number of hydrogen-bond acceptors (Lipinski definition) is 2. The van der Waals surface area contributed by atoms with Crippen molar-refractivity contribution in [1.29, 1.82) is 0 Å². The van der Waals surface area contributed by atoms with Crippen molar-refractivity contribution in [3.8, 4) is 5.75 Å². The molecule has 1 amide bonds. The van der Waals surface area contributed by atoms with Gasteiger partial charge >= 0.3 is 0 Å². The number of ether oxygens (including phenoxy) is 1. The number of amides is 1. The van der Waals surface area contributed by atoms with Gasteiger partial charge in [-0.15, -0.1) is 0 Å². The summed E-state index contributed by atoms with van der Waals surface area (Å²) < 4.78 is 8.10. The van der Waals surface area contributed by atoms with Crippen LogP contribution < -0.4 is 33.3 Å². The number of aromatic nitrogens is 1. The Kier molecular flexibility index (Phi) is 18.9. The minimum Gasteiger partial charge on any atom is -1.00 e. The van der Waals surface area contributed by atoms with E-state index < -0.39 is 0 Å². The van der Waals surface area contributed by atoms with E-state index in [2.05, 4.69) is 30.5 Å². The summed E-state index contributed by atoms with van der Waals surface area (Å²) >= 11 is 13.0. The van der Waals surface area contributed by atoms with Gasteiger partial charge in [0, 0.05) is 25.2 Å². The normalized spacial score (nSPS) is 10.8. The van der Waals surface area contributed by atoms with Gasteiger partial charge in [0.05, 0.1) is 22.2 Å². The Labute approximate surface area is 287 Å². The summed E-state index contributed by atoms with van der Waals surface area (Å²) in [6.45, 7) is 6.80. The first-order valence-corrected chi connectivity index (χ1v) is 16.7. The molecule has 0 spiro atoms. The topological polar surface area (TPSA) is 33.4 Å². The van der Waals surface area contributed by atoms with E-state index in [0.717, 1.165) is 24.1 Å². The van der Waals surface area contributed by atoms with Gasteiger partial charge in [-0.25, -0.2) is 4.57 Å². The number of halogens is 3. The largest absolute Gasteiger partial charge is 1.00 e. The Hall–Kier alpha value is -1.83. The molecule has 0 N–H and O–H groups in total. The molecule has 1 aromatic heterocycles. The minimum absolute atomic E-state index is 0. The quantitative estimate of drug-likeness (QED) is 0.0697. The second-order valence-electron chi connectivity index (χ2n) is 11.2. The van der Waals surface area contributed by atoms with Gasteiger partial charge in [0.1, 0.15) is 12.3 Å². The molecule has 0 aliphatic carbocycles. The maximum absolute atomic E-state index is 13.6. The van der Waals surface area contributed by atoms with E-state index in [1.54, 1.807) is 12.1 Å². The number of nitrogens with zero attached hydrogens (tertiary/aromatic N) is 2. The Morgan fingerprint density at radius 1 is 0.721 bits per heavy atom. The highest BCUT2D eigenvalue weighted by atomic mass is 127. The highest BCUT2D eigenvalue weighted by Crippen LogP contribution is 2.28. The fraction of sp³-hybridized carbons (Fsp3) is 0.500. The van der Waals surface area contributed by atoms with Crippen molar-refractivity contribution < 1.29 is 38.1 Å². The fourth-order valence-electron chi connectivity index (χ4n) is 5.13. The lowest BCUT2D eigenvalue weighted by molar-refractivity contribution is -0.693. The van der Waals surface area contributed by atoms with Crippen LogP contribution in [0.25, 0.3) is 0 Å². The molecule has 0 aliphatic rings. The number of rotatable bonds is 20. The van der Waals surface area contributed by atoms with Crippen molar-refractivity contribution in [3.05, 3.63) is 93.7 Å². The predicted molar refractivity (Wildman–Crippen MR) is 175 cm³/mol. The standard InChI is InChI=1S/C36H49Cl2N2O2.HI/c1-3-5-6-7-8-9-10-11-12-13-14-17-26-42-35-21-20-31(27-34(35)38)29-40(28-30-22-24-39(4-2)25-23-30)36(41)32-18-15-16-19-33(32)37;/h15-16,18-25,27H,3-14,17,26,28-29H2,1-2H3;1H/q+1;/p-1. The molecule has 1 heterocycles. The zero-order valence-electron chi connectivity index (χ0n) is 26.0. The minimum atomic E-state index is -0.115. The second kappa shape index (κ2) is 21.8. The van der Waals surface area contributed by atoms with Crippen LogP contribution >= 0.6 is 23.2 Å². The average molecular weight is 740 g/mol. The SMILES string of the molecule is CCCCCCCCCCCCCCOc1ccc(CN(Cc2cc[n+](CC)cc2)C(=O)c2ccccc2Cl)cc1Cl.[I-]. The van der Waals surface area contributed by atoms with E-state index in [1.807, 2.05) is 47.6 Å². The molecule has 0 bridgehead atoms. The maximum atomic E-state index is 13.6. The van der Waals surface area contributed by atoms with E-state index in [1.165, 1.54) is 70.6 Å². The molecule has 4 nitrogen and oxygen atoms in total. The van der Waals surface area contributed by atoms with Crippen molar-refractivity contribution in [2.75, 3.05) is 6.61 Å². The first-order chi connectivity index (χ1) is 20.5. The summed E-state index contributed by atoms with van der Waals surface area (Å²) in [5.74, 6) is 0.580. The van der Waals surface area contributed by atoms with Crippen LogP contribution in [0.4, 0.5) is 0 Å². The number of pyridine rings is 1. The summed E-state index contributed by atoms with van der Waals surface area (Å²) in [5.41, 5.74) is 2.48. The third-order valence-corrected chi connectivity index (χ3v) is 8.34. The van der Waals surface area contributed by atoms with Crippen molar-refractivity contribution in [1.82, 2.24) is 4.90 Å². The molecule has 0 atom stereocenters. The first-order valence-electron chi connectivity index (χ1n) is 15.9. The van der Waals surface area contributed by atoms with Gasteiger partial charge in [0.2, 0.25) is 0 Å². The van der Waals surface area contributed by atoms with Gasteiger partial charge in [0.15, 0.2) is 12.4 Å². The molecule has 0 aliphatic heterocycles. The van der Waals surface area contributed by atoms with Gasteiger partial charge in [0.25, 0.3) is 5.91 Å². The smallest absolute Gasteiger partial charge is 0.255 e. The van der Waals surface area contributed by atoms with Gasteiger partial charge < -0.3 is 33.6 Å². The zero-order chi connectivity index (χ0) is 30.0. The second-order valence-corrected chi connectivity index (χ2v) is 12.0. The molecule has 0 fully saturated rings. The third-order valence-electron chi connectivity index (χ3n) is 7.72. The average Bonchev–Trinajstić information content (AvgIpc) is 3.00. The van der Waals surface area contributed by atoms with Crippen molar-refractivity contribution >= 4 is 29.1 Å². The monoisotopic (exact) mass is 738 g/mol. The van der Waals surface area contributed by atoms with Crippen LogP contribution in [0, 0.1) is 0 Å². The zero-order valence-corrected chi connectivity index (χ0v) is 29.7. The number of carbonyl (C=O) groups is 1. The third kappa shape index (κ3) is 13.8. The Morgan fingerprint density at radius 2 is 1.30 bits per heavy atom. The molecular weight excluding hydrogens is 690 g/mol. The van der Waals surface area contributed by atoms with Crippen LogP contribution in [0.1, 0.15) is 112 Å². The number of carbonyl (C=O) groups excluding carboxylic acids is 1. The number of unbranched alkanes of at least 4 members (excludes halogenated alkanes) is 11. The Morgan fingerprint density at radius 3 is 1.88 bits per heavy atom. The number of aryl methyl sites for hydroxylation is 1. The van der Waals surface area contributed by atoms with Gasteiger partial charge in [-0.1, -0.05) is 119 Å². The molecule has 0 saturated heterocycles. The van der Waals surface area contributed by atoms with Crippen LogP contribution in [-0.2, 0) is 19.6 Å². The molecule has 3 rings (SSSR count). The lowest BCUT2D eigenvalue weighted by Gasteiger charge is -2.24. The van der Waals surface area contributed by atoms with Crippen LogP contribution in [0.5, 0.6) is 5.75 Å². The summed E-state index contributed by atoms with van der Waals surface area (Å²) in [7, 11) is 0. The lowest BCUT2D eigenvalue weighted by atomic mass is 10.1. The summed E-state index contributed by atoms with van der Waals surface area (Å²) in [6.07, 6.45) is 19.9. The van der Waals surface area contributed by atoms with E-state index in [4.69, 9.17) is 27.9 Å². The summed E-state index contributed by atoms with van der Waals surface area (Å²) in [6, 6.07) is 17.1. The molecule has 0 unspecified atom stereocenters. The van der Waals surface area contributed by atoms with E-state index in [9.17, 15) is 4.79 Å². The molecular formula is C36H49Cl2IN2O2. The molecule has 0 radical (unpaired) electrons. The van der Waals surface area contributed by atoms with Crippen LogP contribution in [0.15, 0.2) is 67.0 Å². The van der Waals surface area contributed by atoms with Gasteiger partial charge in [-0.05, 0) is 48.7 Å². The highest BCUT2D eigenvalue weighted by molar-refractivity contribution is 6.33. The van der Waals surface area contributed by atoms with E-state index in [0.29, 0.717) is 41.1 Å². The first kappa shape index (κ1) is 37.4. The Bertz CT molecular complexity index is 1210. The van der Waals surface area contributed by atoms with Gasteiger partial charge in [-0.3, -0.25) is 4.79 Å². The van der Waals surface area contributed by atoms with Crippen LogP contribution in [-0.4, -0.2) is 17.4 Å². The van der Waals surface area contributed by atoms with Gasteiger partial charge in [-0.2, -0.15) is 0 Å². The van der Waals surface area contributed by atoms with E-state index >= 15 is 0 Å². The highest BCUT2D eigenvalue weighted by Gasteiger charge is 2.20. The molecule has 43 heavy (non-hydrogen) atoms. The van der Waals surface area contributed by atoms with Crippen LogP contribution in [0.2, 0.25) is 10.0 Å². The molecule has 2 aromatic carbocycles. The summed E-state index contributed by atoms with van der Waals surface area (Å²) in [5, 5.41) is 1.02. The van der Waals surface area contributed by atoms with Crippen molar-refractivity contribution in [2.45, 2.75) is 111 Å². The van der Waals surface area contributed by atoms with Crippen LogP contribution in [0.3, 0.4) is 0 Å².